The van der Waals surface area contributed by atoms with Crippen molar-refractivity contribution in [3.05, 3.63) is 49.9 Å². The van der Waals surface area contributed by atoms with Crippen molar-refractivity contribution in [1.29, 1.82) is 0 Å². The van der Waals surface area contributed by atoms with Gasteiger partial charge in [0.15, 0.2) is 0 Å². The Kier molecular flexibility index (Phi) is 5.96. The van der Waals surface area contributed by atoms with Gasteiger partial charge in [0, 0.05) is 23.9 Å². The highest BCUT2D eigenvalue weighted by Gasteiger charge is 2.52. The van der Waals surface area contributed by atoms with Crippen LogP contribution in [0.3, 0.4) is 0 Å². The lowest BCUT2D eigenvalue weighted by Crippen LogP contribution is -2.39. The Balaban J connectivity index is 1.55. The van der Waals surface area contributed by atoms with E-state index in [0.717, 1.165) is 54.1 Å². The number of hydrogen-bond acceptors (Lipinski definition) is 6. The molecule has 3 amide bonds. The maximum atomic E-state index is 13.1. The molecule has 0 bridgehead atoms. The fourth-order valence-corrected chi connectivity index (χ4v) is 7.84. The highest BCUT2D eigenvalue weighted by molar-refractivity contribution is 8.00. The third-order valence-corrected chi connectivity index (χ3v) is 9.64. The van der Waals surface area contributed by atoms with Crippen molar-refractivity contribution in [2.75, 3.05) is 13.1 Å². The number of thiazole rings is 1. The molecule has 4 heterocycles. The van der Waals surface area contributed by atoms with Crippen molar-refractivity contribution >= 4 is 40.8 Å². The lowest BCUT2D eigenvalue weighted by Gasteiger charge is -2.31. The summed E-state index contributed by atoms with van der Waals surface area (Å²) in [6, 6.07) is 8.12. The van der Waals surface area contributed by atoms with E-state index in [-0.39, 0.29) is 34.6 Å². The molecule has 3 unspecified atom stereocenters. The van der Waals surface area contributed by atoms with E-state index in [1.54, 1.807) is 0 Å². The number of thioether (sulfide) groups is 1. The average Bonchev–Trinajstić information content (AvgIpc) is 3.27. The smallest absolute Gasteiger partial charge is 0.308 e. The topological polar surface area (TPSA) is 88.5 Å². The molecular weight excluding hydrogens is 470 g/mol. The van der Waals surface area contributed by atoms with Gasteiger partial charge in [-0.3, -0.25) is 29.1 Å². The van der Waals surface area contributed by atoms with Gasteiger partial charge >= 0.3 is 4.87 Å². The Morgan fingerprint density at radius 2 is 1.71 bits per heavy atom. The van der Waals surface area contributed by atoms with Crippen LogP contribution >= 0.6 is 23.1 Å². The molecule has 0 aliphatic carbocycles. The van der Waals surface area contributed by atoms with Crippen LogP contribution in [0.15, 0.2) is 34.1 Å². The standard InChI is InChI=1S/C25H29N3O4S2/c1-25(2,3)15-9-7-14(8-10-15)17-18-19(22(31)26-21(18)30)33-23-20(17)34-24(32)28(23)13-16(29)27-11-5-4-6-12-27/h7-10,17-19H,4-6,11-13H2,1-3H3,(H,26,30,31). The van der Waals surface area contributed by atoms with Crippen LogP contribution in [0.5, 0.6) is 0 Å². The molecule has 0 spiro atoms. The average molecular weight is 500 g/mol. The summed E-state index contributed by atoms with van der Waals surface area (Å²) in [5.74, 6) is -1.66. The largest absolute Gasteiger partial charge is 0.341 e. The van der Waals surface area contributed by atoms with Gasteiger partial charge in [0.2, 0.25) is 17.7 Å². The number of amides is 3. The molecule has 3 aliphatic rings. The molecule has 7 nitrogen and oxygen atoms in total. The fourth-order valence-electron chi connectivity index (χ4n) is 5.10. The minimum absolute atomic E-state index is 0.0156. The summed E-state index contributed by atoms with van der Waals surface area (Å²) >= 11 is 2.35. The van der Waals surface area contributed by atoms with Crippen molar-refractivity contribution < 1.29 is 14.4 Å². The van der Waals surface area contributed by atoms with Crippen LogP contribution in [-0.2, 0) is 26.3 Å². The zero-order valence-corrected chi connectivity index (χ0v) is 21.3. The Bertz CT molecular complexity index is 1200. The number of nitrogens with zero attached hydrogens (tertiary/aromatic N) is 2. The van der Waals surface area contributed by atoms with Gasteiger partial charge in [0.1, 0.15) is 11.8 Å². The zero-order valence-electron chi connectivity index (χ0n) is 19.6. The molecule has 1 aromatic carbocycles. The maximum absolute atomic E-state index is 13.1. The first-order valence-corrected chi connectivity index (χ1v) is 13.5. The number of likely N-dealkylation sites (tertiary alicyclic amines) is 1. The number of rotatable bonds is 3. The zero-order chi connectivity index (χ0) is 24.2. The second-order valence-corrected chi connectivity index (χ2v) is 12.5. The van der Waals surface area contributed by atoms with Gasteiger partial charge in [0.05, 0.1) is 10.9 Å². The molecule has 34 heavy (non-hydrogen) atoms. The van der Waals surface area contributed by atoms with Gasteiger partial charge in [-0.05, 0) is 35.8 Å². The van der Waals surface area contributed by atoms with E-state index in [9.17, 15) is 19.2 Å². The van der Waals surface area contributed by atoms with Crippen LogP contribution < -0.4 is 10.2 Å². The number of imide groups is 1. The second kappa shape index (κ2) is 8.68. The van der Waals surface area contributed by atoms with Crippen LogP contribution in [0.1, 0.15) is 62.0 Å². The summed E-state index contributed by atoms with van der Waals surface area (Å²) in [7, 11) is 0. The first-order valence-electron chi connectivity index (χ1n) is 11.8. The van der Waals surface area contributed by atoms with Crippen LogP contribution in [0.2, 0.25) is 0 Å². The molecule has 5 rings (SSSR count). The fraction of sp³-hybridized carbons (Fsp3) is 0.520. The van der Waals surface area contributed by atoms with Crippen molar-refractivity contribution in [3.8, 4) is 0 Å². The molecule has 3 aliphatic heterocycles. The predicted octanol–water partition coefficient (Wildman–Crippen LogP) is 3.10. The van der Waals surface area contributed by atoms with E-state index in [2.05, 4.69) is 38.2 Å². The highest BCUT2D eigenvalue weighted by Crippen LogP contribution is 2.51. The highest BCUT2D eigenvalue weighted by atomic mass is 32.2. The third-order valence-electron chi connectivity index (χ3n) is 7.03. The summed E-state index contributed by atoms with van der Waals surface area (Å²) in [4.78, 5) is 53.9. The molecule has 0 radical (unpaired) electrons. The van der Waals surface area contributed by atoms with E-state index < -0.39 is 17.1 Å². The van der Waals surface area contributed by atoms with Crippen molar-refractivity contribution in [1.82, 2.24) is 14.8 Å². The predicted molar refractivity (Wildman–Crippen MR) is 132 cm³/mol. The molecule has 9 heteroatoms. The summed E-state index contributed by atoms with van der Waals surface area (Å²) < 4.78 is 1.52. The Morgan fingerprint density at radius 3 is 2.35 bits per heavy atom. The molecule has 2 aromatic rings. The first kappa shape index (κ1) is 23.4. The summed E-state index contributed by atoms with van der Waals surface area (Å²) in [5, 5.41) is 2.52. The van der Waals surface area contributed by atoms with Crippen LogP contribution in [0.25, 0.3) is 0 Å². The van der Waals surface area contributed by atoms with Gasteiger partial charge in [-0.25, -0.2) is 0 Å². The van der Waals surface area contributed by atoms with E-state index in [4.69, 9.17) is 0 Å². The van der Waals surface area contributed by atoms with Crippen molar-refractivity contribution in [3.63, 3.8) is 0 Å². The van der Waals surface area contributed by atoms with Crippen molar-refractivity contribution in [2.24, 2.45) is 5.92 Å². The summed E-state index contributed by atoms with van der Waals surface area (Å²) in [5.41, 5.74) is 2.06. The summed E-state index contributed by atoms with van der Waals surface area (Å²) in [6.07, 6.45) is 3.08. The monoisotopic (exact) mass is 499 g/mol. The number of aromatic nitrogens is 1. The normalized spacial score (nSPS) is 24.6. The lowest BCUT2D eigenvalue weighted by molar-refractivity contribution is -0.133. The van der Waals surface area contributed by atoms with E-state index >= 15 is 0 Å². The summed E-state index contributed by atoms with van der Waals surface area (Å²) in [6.45, 7) is 7.83. The SMILES string of the molecule is CC(C)(C)c1ccc(C2c3sc(=O)n(CC(=O)N4CCCCC4)c3SC3C(=O)NC(=O)C32)cc1. The molecule has 0 saturated carbocycles. The van der Waals surface area contributed by atoms with Crippen LogP contribution in [-0.4, -0.2) is 45.5 Å². The number of carbonyl (C=O) groups is 3. The maximum Gasteiger partial charge on any atom is 0.308 e. The number of benzene rings is 1. The van der Waals surface area contributed by atoms with Crippen molar-refractivity contribution in [2.45, 2.75) is 68.2 Å². The Labute approximate surface area is 206 Å². The van der Waals surface area contributed by atoms with E-state index in [1.165, 1.54) is 21.9 Å². The molecule has 180 valence electrons. The number of hydrogen-bond donors (Lipinski definition) is 1. The van der Waals surface area contributed by atoms with E-state index in [0.29, 0.717) is 5.03 Å². The molecular formula is C25H29N3O4S2. The first-order chi connectivity index (χ1) is 16.1. The molecule has 1 N–H and O–H groups in total. The number of nitrogens with one attached hydrogen (secondary N) is 1. The molecule has 2 fully saturated rings. The number of piperidine rings is 1. The Hall–Kier alpha value is -2.39. The van der Waals surface area contributed by atoms with Gasteiger partial charge < -0.3 is 4.90 Å². The van der Waals surface area contributed by atoms with Gasteiger partial charge in [-0.2, -0.15) is 0 Å². The molecule has 2 saturated heterocycles. The number of fused-ring (bicyclic) bond motifs is 2. The minimum Gasteiger partial charge on any atom is -0.341 e. The van der Waals surface area contributed by atoms with Gasteiger partial charge in [-0.1, -0.05) is 68.1 Å². The quantitative estimate of drug-likeness (QED) is 0.656. The lowest BCUT2D eigenvalue weighted by atomic mass is 9.81. The Morgan fingerprint density at radius 1 is 1.03 bits per heavy atom. The van der Waals surface area contributed by atoms with Gasteiger partial charge in [-0.15, -0.1) is 0 Å². The van der Waals surface area contributed by atoms with Crippen LogP contribution in [0.4, 0.5) is 0 Å². The molecule has 3 atom stereocenters. The number of carbonyl (C=O) groups excluding carboxylic acids is 3. The second-order valence-electron chi connectivity index (χ2n) is 10.3. The third kappa shape index (κ3) is 4.02. The van der Waals surface area contributed by atoms with Crippen LogP contribution in [0, 0.1) is 5.92 Å². The molecule has 1 aromatic heterocycles. The minimum atomic E-state index is -0.613. The van der Waals surface area contributed by atoms with Gasteiger partial charge in [0.25, 0.3) is 0 Å². The van der Waals surface area contributed by atoms with E-state index in [1.807, 2.05) is 17.0 Å².